The molecule has 90 valence electrons. The van der Waals surface area contributed by atoms with Crippen molar-refractivity contribution < 1.29 is 9.90 Å². The summed E-state index contributed by atoms with van der Waals surface area (Å²) in [5.41, 5.74) is 3.29. The molecular formula is C14H17NO2. The summed E-state index contributed by atoms with van der Waals surface area (Å²) in [6.45, 7) is 1.05. The average molecular weight is 231 g/mol. The lowest BCUT2D eigenvalue weighted by atomic mass is 9.93. The molecule has 2 N–H and O–H groups in total. The van der Waals surface area contributed by atoms with Gasteiger partial charge in [0.2, 0.25) is 0 Å². The van der Waals surface area contributed by atoms with E-state index in [1.165, 1.54) is 23.2 Å². The minimum atomic E-state index is -0.631. The first-order chi connectivity index (χ1) is 8.20. The predicted molar refractivity (Wildman–Crippen MR) is 66.3 cm³/mol. The molecule has 1 aliphatic carbocycles. The van der Waals surface area contributed by atoms with Crippen LogP contribution in [0, 0.1) is 5.41 Å². The molecule has 1 heterocycles. The molecule has 1 aromatic rings. The van der Waals surface area contributed by atoms with Gasteiger partial charge in [0.25, 0.3) is 0 Å². The predicted octanol–water partition coefficient (Wildman–Crippen LogP) is 2.45. The maximum absolute atomic E-state index is 11.2. The fourth-order valence-corrected chi connectivity index (χ4v) is 2.65. The molecule has 1 fully saturated rings. The highest BCUT2D eigenvalue weighted by molar-refractivity contribution is 5.78. The molecule has 1 aromatic carbocycles. The number of aryl methyl sites for hydroxylation is 1. The van der Waals surface area contributed by atoms with Gasteiger partial charge in [0.05, 0.1) is 5.41 Å². The lowest BCUT2D eigenvalue weighted by molar-refractivity contribution is -0.143. The largest absolute Gasteiger partial charge is 0.481 e. The maximum atomic E-state index is 11.2. The highest BCUT2D eigenvalue weighted by atomic mass is 16.4. The average Bonchev–Trinajstić information content (AvgIpc) is 3.10. The van der Waals surface area contributed by atoms with Crippen molar-refractivity contribution in [1.82, 2.24) is 0 Å². The second-order valence-electron chi connectivity index (χ2n) is 5.28. The number of fused-ring (bicyclic) bond motifs is 1. The van der Waals surface area contributed by atoms with E-state index < -0.39 is 11.4 Å². The van der Waals surface area contributed by atoms with Crippen molar-refractivity contribution in [2.75, 3.05) is 11.9 Å². The van der Waals surface area contributed by atoms with E-state index in [-0.39, 0.29) is 0 Å². The fourth-order valence-electron chi connectivity index (χ4n) is 2.65. The van der Waals surface area contributed by atoms with Crippen LogP contribution < -0.4 is 5.32 Å². The highest BCUT2D eigenvalue weighted by Crippen LogP contribution is 2.48. The van der Waals surface area contributed by atoms with Gasteiger partial charge in [-0.15, -0.1) is 0 Å². The Kier molecular flexibility index (Phi) is 2.35. The Morgan fingerprint density at radius 3 is 2.94 bits per heavy atom. The van der Waals surface area contributed by atoms with Gasteiger partial charge in [-0.2, -0.15) is 0 Å². The summed E-state index contributed by atoms with van der Waals surface area (Å²) in [6, 6.07) is 6.35. The molecule has 0 amide bonds. The number of hydrogen-bond donors (Lipinski definition) is 2. The minimum Gasteiger partial charge on any atom is -0.481 e. The quantitative estimate of drug-likeness (QED) is 0.840. The van der Waals surface area contributed by atoms with Crippen LogP contribution in [0.25, 0.3) is 0 Å². The number of anilines is 1. The third-order valence-electron chi connectivity index (χ3n) is 3.96. The van der Waals surface area contributed by atoms with E-state index in [9.17, 15) is 9.90 Å². The van der Waals surface area contributed by atoms with Crippen LogP contribution in [0.3, 0.4) is 0 Å². The molecule has 0 bridgehead atoms. The second-order valence-corrected chi connectivity index (χ2v) is 5.28. The van der Waals surface area contributed by atoms with Crippen LogP contribution in [0.4, 0.5) is 5.69 Å². The molecule has 0 radical (unpaired) electrons. The molecule has 1 aliphatic heterocycles. The van der Waals surface area contributed by atoms with Crippen LogP contribution in [0.1, 0.15) is 30.4 Å². The molecular weight excluding hydrogens is 214 g/mol. The Bertz CT molecular complexity index is 463. The van der Waals surface area contributed by atoms with Crippen LogP contribution in [0.5, 0.6) is 0 Å². The molecule has 3 heteroatoms. The van der Waals surface area contributed by atoms with E-state index >= 15 is 0 Å². The van der Waals surface area contributed by atoms with E-state index in [1.54, 1.807) is 0 Å². The zero-order valence-corrected chi connectivity index (χ0v) is 9.83. The summed E-state index contributed by atoms with van der Waals surface area (Å²) in [6.07, 6.45) is 4.63. The Hall–Kier alpha value is -1.51. The monoisotopic (exact) mass is 231 g/mol. The number of carboxylic acid groups (broad SMARTS) is 1. The molecule has 0 unspecified atom stereocenters. The number of nitrogens with one attached hydrogen (secondary N) is 1. The number of benzene rings is 1. The highest BCUT2D eigenvalue weighted by Gasteiger charge is 2.49. The van der Waals surface area contributed by atoms with E-state index in [2.05, 4.69) is 23.5 Å². The summed E-state index contributed by atoms with van der Waals surface area (Å²) in [7, 11) is 0. The number of rotatable bonds is 3. The topological polar surface area (TPSA) is 49.3 Å². The molecule has 2 aliphatic rings. The van der Waals surface area contributed by atoms with Gasteiger partial charge in [0.1, 0.15) is 0 Å². The first-order valence-electron chi connectivity index (χ1n) is 6.29. The van der Waals surface area contributed by atoms with Gasteiger partial charge in [0.15, 0.2) is 0 Å². The summed E-state index contributed by atoms with van der Waals surface area (Å²) in [5.74, 6) is -0.631. The van der Waals surface area contributed by atoms with Crippen molar-refractivity contribution >= 4 is 11.7 Å². The molecule has 17 heavy (non-hydrogen) atoms. The Balaban J connectivity index is 1.82. The van der Waals surface area contributed by atoms with Crippen LogP contribution >= 0.6 is 0 Å². The van der Waals surface area contributed by atoms with Crippen molar-refractivity contribution in [2.24, 2.45) is 5.41 Å². The van der Waals surface area contributed by atoms with Crippen molar-refractivity contribution in [3.05, 3.63) is 29.3 Å². The normalized spacial score (nSPS) is 20.2. The molecule has 0 atom stereocenters. The Morgan fingerprint density at radius 1 is 1.41 bits per heavy atom. The van der Waals surface area contributed by atoms with Gasteiger partial charge in [-0.25, -0.2) is 0 Å². The van der Waals surface area contributed by atoms with E-state index in [4.69, 9.17) is 0 Å². The fraction of sp³-hybridized carbons (Fsp3) is 0.500. The van der Waals surface area contributed by atoms with Gasteiger partial charge < -0.3 is 10.4 Å². The number of carboxylic acids is 1. The summed E-state index contributed by atoms with van der Waals surface area (Å²) in [4.78, 5) is 11.2. The van der Waals surface area contributed by atoms with Gasteiger partial charge in [0, 0.05) is 12.2 Å². The Morgan fingerprint density at radius 2 is 2.24 bits per heavy atom. The van der Waals surface area contributed by atoms with Crippen LogP contribution in [-0.4, -0.2) is 17.6 Å². The van der Waals surface area contributed by atoms with Gasteiger partial charge >= 0.3 is 5.97 Å². The standard InChI is InChI=1S/C14H17NO2/c16-13(17)14(5-6-14)9-10-3-4-12-11(8-10)2-1-7-15-12/h3-4,8,15H,1-2,5-7,9H2,(H,16,17). The first kappa shape index (κ1) is 10.6. The van der Waals surface area contributed by atoms with Crippen LogP contribution in [-0.2, 0) is 17.6 Å². The minimum absolute atomic E-state index is 0.448. The van der Waals surface area contributed by atoms with Gasteiger partial charge in [-0.1, -0.05) is 12.1 Å². The van der Waals surface area contributed by atoms with Gasteiger partial charge in [-0.3, -0.25) is 4.79 Å². The molecule has 0 aromatic heterocycles. The number of carbonyl (C=O) groups is 1. The van der Waals surface area contributed by atoms with Gasteiger partial charge in [-0.05, 0) is 49.3 Å². The van der Waals surface area contributed by atoms with Crippen LogP contribution in [0.2, 0.25) is 0 Å². The van der Waals surface area contributed by atoms with Crippen molar-refractivity contribution in [1.29, 1.82) is 0 Å². The third-order valence-corrected chi connectivity index (χ3v) is 3.96. The molecule has 0 saturated heterocycles. The zero-order valence-electron chi connectivity index (χ0n) is 9.83. The lowest BCUT2D eigenvalue weighted by Crippen LogP contribution is -2.18. The number of aliphatic carboxylic acids is 1. The zero-order chi connectivity index (χ0) is 11.9. The van der Waals surface area contributed by atoms with E-state index in [0.29, 0.717) is 6.42 Å². The maximum Gasteiger partial charge on any atom is 0.309 e. The van der Waals surface area contributed by atoms with Crippen molar-refractivity contribution in [2.45, 2.75) is 32.1 Å². The van der Waals surface area contributed by atoms with Crippen molar-refractivity contribution in [3.8, 4) is 0 Å². The molecule has 1 saturated carbocycles. The first-order valence-corrected chi connectivity index (χ1v) is 6.29. The summed E-state index contributed by atoms with van der Waals surface area (Å²) < 4.78 is 0. The molecule has 3 rings (SSSR count). The molecule has 3 nitrogen and oxygen atoms in total. The van der Waals surface area contributed by atoms with E-state index in [0.717, 1.165) is 25.8 Å². The summed E-state index contributed by atoms with van der Waals surface area (Å²) >= 11 is 0. The second kappa shape index (κ2) is 3.76. The van der Waals surface area contributed by atoms with Crippen molar-refractivity contribution in [3.63, 3.8) is 0 Å². The summed E-state index contributed by atoms with van der Waals surface area (Å²) in [5, 5.41) is 12.6. The Labute approximate surface area is 101 Å². The lowest BCUT2D eigenvalue weighted by Gasteiger charge is -2.19. The van der Waals surface area contributed by atoms with E-state index in [1.807, 2.05) is 0 Å². The number of hydrogen-bond acceptors (Lipinski definition) is 2. The third kappa shape index (κ3) is 1.90. The van der Waals surface area contributed by atoms with Crippen LogP contribution in [0.15, 0.2) is 18.2 Å². The molecule has 0 spiro atoms. The smallest absolute Gasteiger partial charge is 0.309 e. The SMILES string of the molecule is O=C(O)C1(Cc2ccc3c(c2)CCCN3)CC1.